The number of amides is 1. The maximum atomic E-state index is 12.1. The monoisotopic (exact) mass is 284 g/mol. The molecular weight excluding hydrogens is 268 g/mol. The van der Waals surface area contributed by atoms with Gasteiger partial charge in [0.05, 0.1) is 19.1 Å². The second-order valence-corrected chi connectivity index (χ2v) is 5.31. The van der Waals surface area contributed by atoms with E-state index in [1.807, 2.05) is 0 Å². The van der Waals surface area contributed by atoms with Crippen LogP contribution in [0.4, 0.5) is 0 Å². The molecule has 0 spiro atoms. The van der Waals surface area contributed by atoms with Crippen molar-refractivity contribution in [2.24, 2.45) is 5.92 Å². The number of carbonyl (C=O) groups is 2. The Bertz CT molecular complexity index is 449. The third-order valence-electron chi connectivity index (χ3n) is 3.15. The fourth-order valence-electron chi connectivity index (χ4n) is 2.06. The third kappa shape index (κ3) is 3.12. The fraction of sp³-hybridized carbons (Fsp3) is 0.500. The molecule has 1 aromatic rings. The second kappa shape index (κ2) is 6.14. The zero-order chi connectivity index (χ0) is 13.8. The highest BCUT2D eigenvalue weighted by Crippen LogP contribution is 2.21. The number of nitrogens with one attached hydrogen (secondary N) is 2. The third-order valence-corrected chi connectivity index (χ3v) is 4.09. The molecule has 0 saturated carbocycles. The average molecular weight is 284 g/mol. The minimum absolute atomic E-state index is 0.0715. The van der Waals surface area contributed by atoms with Crippen LogP contribution in [0.2, 0.25) is 0 Å². The molecule has 1 aliphatic heterocycles. The van der Waals surface area contributed by atoms with Crippen LogP contribution in [-0.4, -0.2) is 43.3 Å². The Balaban J connectivity index is 2.05. The minimum Gasteiger partial charge on any atom is -0.479 e. The number of carboxylic acids is 1. The molecular formula is C12H16N2O4S. The van der Waals surface area contributed by atoms with E-state index in [4.69, 9.17) is 4.74 Å². The van der Waals surface area contributed by atoms with E-state index >= 15 is 0 Å². The van der Waals surface area contributed by atoms with E-state index in [1.54, 1.807) is 24.6 Å². The highest BCUT2D eigenvalue weighted by atomic mass is 32.1. The molecule has 1 aliphatic rings. The number of likely N-dealkylation sites (N-methyl/N-ethyl adjacent to an activating group) is 1. The maximum Gasteiger partial charge on any atom is 0.331 e. The summed E-state index contributed by atoms with van der Waals surface area (Å²) in [5, 5.41) is 16.6. The molecule has 1 saturated heterocycles. The summed E-state index contributed by atoms with van der Waals surface area (Å²) in [7, 11) is 1.76. The van der Waals surface area contributed by atoms with Gasteiger partial charge in [0.25, 0.3) is 0 Å². The van der Waals surface area contributed by atoms with Crippen molar-refractivity contribution in [3.8, 4) is 0 Å². The van der Waals surface area contributed by atoms with Crippen molar-refractivity contribution >= 4 is 23.2 Å². The standard InChI is InChI=1S/C12H16N2O4S/c1-13-8-6-18-5-7(8)11(15)14-10(12(16)17)9-3-2-4-19-9/h2-4,7-8,10,13H,5-6H2,1H3,(H,14,15)(H,16,17). The van der Waals surface area contributed by atoms with E-state index in [0.717, 1.165) is 0 Å². The first-order valence-electron chi connectivity index (χ1n) is 5.95. The van der Waals surface area contributed by atoms with E-state index in [1.165, 1.54) is 11.3 Å². The molecule has 2 rings (SSSR count). The largest absolute Gasteiger partial charge is 0.479 e. The van der Waals surface area contributed by atoms with Gasteiger partial charge in [-0.25, -0.2) is 4.79 Å². The lowest BCUT2D eigenvalue weighted by Gasteiger charge is -2.19. The molecule has 6 nitrogen and oxygen atoms in total. The molecule has 19 heavy (non-hydrogen) atoms. The number of aliphatic carboxylic acids is 1. The predicted molar refractivity (Wildman–Crippen MR) is 70.0 cm³/mol. The number of hydrogen-bond acceptors (Lipinski definition) is 5. The van der Waals surface area contributed by atoms with Crippen molar-refractivity contribution in [1.29, 1.82) is 0 Å². The lowest BCUT2D eigenvalue weighted by Crippen LogP contribution is -2.45. The number of ether oxygens (including phenoxy) is 1. The van der Waals surface area contributed by atoms with Gasteiger partial charge < -0.3 is 20.5 Å². The molecule has 3 unspecified atom stereocenters. The molecule has 1 fully saturated rings. The van der Waals surface area contributed by atoms with E-state index in [0.29, 0.717) is 18.1 Å². The second-order valence-electron chi connectivity index (χ2n) is 4.33. The molecule has 7 heteroatoms. The summed E-state index contributed by atoms with van der Waals surface area (Å²) in [5.41, 5.74) is 0. The van der Waals surface area contributed by atoms with Gasteiger partial charge in [-0.05, 0) is 18.5 Å². The summed E-state index contributed by atoms with van der Waals surface area (Å²) in [5.74, 6) is -1.71. The van der Waals surface area contributed by atoms with Crippen LogP contribution in [-0.2, 0) is 14.3 Å². The van der Waals surface area contributed by atoms with Crippen molar-refractivity contribution in [2.75, 3.05) is 20.3 Å². The number of carbonyl (C=O) groups excluding carboxylic acids is 1. The Morgan fingerprint density at radius 2 is 2.32 bits per heavy atom. The number of thiophene rings is 1. The minimum atomic E-state index is -1.06. The summed E-state index contributed by atoms with van der Waals surface area (Å²) in [6.45, 7) is 0.777. The molecule has 3 N–H and O–H groups in total. The Labute approximate surface area is 114 Å². The lowest BCUT2D eigenvalue weighted by molar-refractivity contribution is -0.142. The van der Waals surface area contributed by atoms with E-state index in [2.05, 4.69) is 10.6 Å². The predicted octanol–water partition coefficient (Wildman–Crippen LogP) is 0.224. The SMILES string of the molecule is CNC1COCC1C(=O)NC(C(=O)O)c1cccs1. The van der Waals surface area contributed by atoms with E-state index in [-0.39, 0.29) is 17.9 Å². The van der Waals surface area contributed by atoms with E-state index in [9.17, 15) is 14.7 Å². The summed E-state index contributed by atoms with van der Waals surface area (Å²) < 4.78 is 5.25. The Morgan fingerprint density at radius 1 is 1.53 bits per heavy atom. The summed E-state index contributed by atoms with van der Waals surface area (Å²) in [6.07, 6.45) is 0. The molecule has 1 amide bonds. The number of hydrogen-bond donors (Lipinski definition) is 3. The van der Waals surface area contributed by atoms with Crippen LogP contribution in [0.3, 0.4) is 0 Å². The molecule has 1 aromatic heterocycles. The summed E-state index contributed by atoms with van der Waals surface area (Å²) in [4.78, 5) is 24.0. The van der Waals surface area contributed by atoms with Crippen molar-refractivity contribution in [3.63, 3.8) is 0 Å². The Hall–Kier alpha value is -1.44. The molecule has 2 heterocycles. The van der Waals surface area contributed by atoms with Crippen LogP contribution in [0.1, 0.15) is 10.9 Å². The van der Waals surface area contributed by atoms with Crippen molar-refractivity contribution in [1.82, 2.24) is 10.6 Å². The van der Waals surface area contributed by atoms with Gasteiger partial charge in [0.2, 0.25) is 5.91 Å². The van der Waals surface area contributed by atoms with Gasteiger partial charge in [0, 0.05) is 10.9 Å². The van der Waals surface area contributed by atoms with Crippen LogP contribution < -0.4 is 10.6 Å². The quantitative estimate of drug-likeness (QED) is 0.720. The first-order valence-corrected chi connectivity index (χ1v) is 6.83. The first-order chi connectivity index (χ1) is 9.13. The van der Waals surface area contributed by atoms with Gasteiger partial charge >= 0.3 is 5.97 Å². The van der Waals surface area contributed by atoms with Gasteiger partial charge in [-0.2, -0.15) is 0 Å². The van der Waals surface area contributed by atoms with Gasteiger partial charge in [0.1, 0.15) is 0 Å². The molecule has 0 bridgehead atoms. The number of rotatable bonds is 5. The molecule has 0 aliphatic carbocycles. The van der Waals surface area contributed by atoms with Crippen LogP contribution in [0.15, 0.2) is 17.5 Å². The molecule has 104 valence electrons. The Kier molecular flexibility index (Phi) is 4.52. The fourth-order valence-corrected chi connectivity index (χ4v) is 2.82. The van der Waals surface area contributed by atoms with Gasteiger partial charge in [-0.15, -0.1) is 11.3 Å². The zero-order valence-electron chi connectivity index (χ0n) is 10.5. The number of carboxylic acid groups (broad SMARTS) is 1. The van der Waals surface area contributed by atoms with Gasteiger partial charge in [0.15, 0.2) is 6.04 Å². The van der Waals surface area contributed by atoms with Crippen molar-refractivity contribution in [2.45, 2.75) is 12.1 Å². The first kappa shape index (κ1) is 14.0. The van der Waals surface area contributed by atoms with Crippen LogP contribution in [0.5, 0.6) is 0 Å². The Morgan fingerprint density at radius 3 is 2.89 bits per heavy atom. The maximum absolute atomic E-state index is 12.1. The van der Waals surface area contributed by atoms with Crippen LogP contribution >= 0.6 is 11.3 Å². The van der Waals surface area contributed by atoms with Crippen molar-refractivity contribution in [3.05, 3.63) is 22.4 Å². The summed E-state index contributed by atoms with van der Waals surface area (Å²) >= 11 is 1.31. The lowest BCUT2D eigenvalue weighted by atomic mass is 10.0. The molecule has 0 aromatic carbocycles. The van der Waals surface area contributed by atoms with Crippen molar-refractivity contribution < 1.29 is 19.4 Å². The average Bonchev–Trinajstić information content (AvgIpc) is 3.05. The highest BCUT2D eigenvalue weighted by molar-refractivity contribution is 7.10. The molecule has 0 radical (unpaired) electrons. The smallest absolute Gasteiger partial charge is 0.331 e. The van der Waals surface area contributed by atoms with Crippen LogP contribution in [0, 0.1) is 5.92 Å². The zero-order valence-corrected chi connectivity index (χ0v) is 11.3. The van der Waals surface area contributed by atoms with Crippen LogP contribution in [0.25, 0.3) is 0 Å². The molecule has 3 atom stereocenters. The van der Waals surface area contributed by atoms with Gasteiger partial charge in [-0.3, -0.25) is 4.79 Å². The van der Waals surface area contributed by atoms with E-state index < -0.39 is 12.0 Å². The highest BCUT2D eigenvalue weighted by Gasteiger charge is 2.35. The summed E-state index contributed by atoms with van der Waals surface area (Å²) in [6, 6.07) is 2.39. The van der Waals surface area contributed by atoms with Gasteiger partial charge in [-0.1, -0.05) is 6.07 Å². The topological polar surface area (TPSA) is 87.7 Å². The normalized spacial score (nSPS) is 24.1.